The molecule has 1 rings (SSSR count). The molecule has 0 aromatic rings. The molecule has 74 valence electrons. The van der Waals surface area contributed by atoms with Crippen LogP contribution in [0.5, 0.6) is 0 Å². The zero-order valence-electron chi connectivity index (χ0n) is 8.51. The van der Waals surface area contributed by atoms with Crippen LogP contribution >= 0.6 is 0 Å². The van der Waals surface area contributed by atoms with Crippen molar-refractivity contribution in [2.45, 2.75) is 45.1 Å². The second-order valence-corrected chi connectivity index (χ2v) is 3.97. The Hall–Kier alpha value is -0.630. The summed E-state index contributed by atoms with van der Waals surface area (Å²) in [5.74, 6) is 0.111. The zero-order chi connectivity index (χ0) is 9.73. The van der Waals surface area contributed by atoms with Gasteiger partial charge in [-0.25, -0.2) is 0 Å². The SMILES string of the molecule is CC(=O)/C=C/CC1(C)CCCCO1. The van der Waals surface area contributed by atoms with Crippen molar-refractivity contribution < 1.29 is 9.53 Å². The van der Waals surface area contributed by atoms with Gasteiger partial charge in [-0.3, -0.25) is 4.79 Å². The van der Waals surface area contributed by atoms with E-state index in [1.165, 1.54) is 12.8 Å². The molecule has 1 heterocycles. The monoisotopic (exact) mass is 182 g/mol. The molecule has 2 heteroatoms. The van der Waals surface area contributed by atoms with Crippen molar-refractivity contribution >= 4 is 5.78 Å². The average molecular weight is 182 g/mol. The minimum absolute atomic E-state index is 0.0236. The number of rotatable bonds is 3. The highest BCUT2D eigenvalue weighted by Crippen LogP contribution is 2.27. The second kappa shape index (κ2) is 4.56. The Bertz CT molecular complexity index is 200. The summed E-state index contributed by atoms with van der Waals surface area (Å²) in [4.78, 5) is 10.7. The van der Waals surface area contributed by atoms with Crippen molar-refractivity contribution in [3.05, 3.63) is 12.2 Å². The Morgan fingerprint density at radius 2 is 2.31 bits per heavy atom. The van der Waals surface area contributed by atoms with Gasteiger partial charge >= 0.3 is 0 Å². The van der Waals surface area contributed by atoms with Gasteiger partial charge in [-0.05, 0) is 45.6 Å². The first-order valence-corrected chi connectivity index (χ1v) is 4.93. The lowest BCUT2D eigenvalue weighted by Crippen LogP contribution is -2.32. The van der Waals surface area contributed by atoms with Crippen molar-refractivity contribution in [3.63, 3.8) is 0 Å². The summed E-state index contributed by atoms with van der Waals surface area (Å²) in [6.45, 7) is 4.56. The molecular formula is C11H18O2. The van der Waals surface area contributed by atoms with Crippen LogP contribution in [-0.4, -0.2) is 18.0 Å². The third-order valence-electron chi connectivity index (χ3n) is 2.45. The van der Waals surface area contributed by atoms with Gasteiger partial charge < -0.3 is 4.74 Å². The lowest BCUT2D eigenvalue weighted by molar-refractivity contribution is -0.112. The maximum absolute atomic E-state index is 10.7. The number of ketones is 1. The second-order valence-electron chi connectivity index (χ2n) is 3.97. The van der Waals surface area contributed by atoms with Gasteiger partial charge in [0.15, 0.2) is 5.78 Å². The first kappa shape index (κ1) is 10.5. The number of allylic oxidation sites excluding steroid dienone is 1. The molecule has 0 radical (unpaired) electrons. The van der Waals surface area contributed by atoms with Gasteiger partial charge in [0.25, 0.3) is 0 Å². The molecule has 0 N–H and O–H groups in total. The quantitative estimate of drug-likeness (QED) is 0.627. The van der Waals surface area contributed by atoms with Crippen LogP contribution in [0.4, 0.5) is 0 Å². The summed E-state index contributed by atoms with van der Waals surface area (Å²) in [7, 11) is 0. The van der Waals surface area contributed by atoms with Crippen molar-refractivity contribution in [1.82, 2.24) is 0 Å². The van der Waals surface area contributed by atoms with Crippen LogP contribution in [0.2, 0.25) is 0 Å². The normalized spacial score (nSPS) is 29.4. The Labute approximate surface area is 80.0 Å². The summed E-state index contributed by atoms with van der Waals surface area (Å²) in [5, 5.41) is 0. The number of ether oxygens (including phenoxy) is 1. The summed E-state index contributed by atoms with van der Waals surface area (Å²) in [5.41, 5.74) is -0.0236. The fraction of sp³-hybridized carbons (Fsp3) is 0.727. The highest BCUT2D eigenvalue weighted by Gasteiger charge is 2.25. The molecule has 1 unspecified atom stereocenters. The van der Waals surface area contributed by atoms with Gasteiger partial charge in [0, 0.05) is 6.61 Å². The fourth-order valence-corrected chi connectivity index (χ4v) is 1.63. The molecule has 0 amide bonds. The van der Waals surface area contributed by atoms with Crippen LogP contribution < -0.4 is 0 Å². The van der Waals surface area contributed by atoms with Gasteiger partial charge in [-0.2, -0.15) is 0 Å². The molecule has 13 heavy (non-hydrogen) atoms. The van der Waals surface area contributed by atoms with Crippen LogP contribution in [-0.2, 0) is 9.53 Å². The molecule has 0 aromatic carbocycles. The van der Waals surface area contributed by atoms with Crippen LogP contribution in [0.25, 0.3) is 0 Å². The minimum Gasteiger partial charge on any atom is -0.375 e. The standard InChI is InChI=1S/C11H18O2/c1-10(12)6-5-8-11(2)7-3-4-9-13-11/h5-6H,3-4,7-9H2,1-2H3/b6-5+. The summed E-state index contributed by atoms with van der Waals surface area (Å²) < 4.78 is 5.68. The Morgan fingerprint density at radius 1 is 1.54 bits per heavy atom. The van der Waals surface area contributed by atoms with Gasteiger partial charge in [-0.15, -0.1) is 0 Å². The summed E-state index contributed by atoms with van der Waals surface area (Å²) in [6.07, 6.45) is 7.93. The van der Waals surface area contributed by atoms with Crippen LogP contribution in [0.3, 0.4) is 0 Å². The molecule has 0 aromatic heterocycles. The number of hydrogen-bond acceptors (Lipinski definition) is 2. The molecular weight excluding hydrogens is 164 g/mol. The van der Waals surface area contributed by atoms with E-state index in [9.17, 15) is 4.79 Å². The summed E-state index contributed by atoms with van der Waals surface area (Å²) in [6, 6.07) is 0. The lowest BCUT2D eigenvalue weighted by Gasteiger charge is -2.32. The predicted octanol–water partition coefficient (Wildman–Crippen LogP) is 2.48. The maximum Gasteiger partial charge on any atom is 0.152 e. The van der Waals surface area contributed by atoms with E-state index in [1.807, 2.05) is 6.08 Å². The molecule has 0 saturated carbocycles. The van der Waals surface area contributed by atoms with Crippen molar-refractivity contribution in [1.29, 1.82) is 0 Å². The summed E-state index contributed by atoms with van der Waals surface area (Å²) >= 11 is 0. The maximum atomic E-state index is 10.7. The third-order valence-corrected chi connectivity index (χ3v) is 2.45. The van der Waals surface area contributed by atoms with Gasteiger partial charge in [0.1, 0.15) is 0 Å². The highest BCUT2D eigenvalue weighted by atomic mass is 16.5. The Balaban J connectivity index is 2.37. The van der Waals surface area contributed by atoms with E-state index in [1.54, 1.807) is 13.0 Å². The van der Waals surface area contributed by atoms with E-state index in [4.69, 9.17) is 4.74 Å². The predicted molar refractivity (Wildman–Crippen MR) is 52.6 cm³/mol. The minimum atomic E-state index is -0.0236. The number of carbonyl (C=O) groups is 1. The largest absolute Gasteiger partial charge is 0.375 e. The van der Waals surface area contributed by atoms with E-state index < -0.39 is 0 Å². The first-order valence-electron chi connectivity index (χ1n) is 4.93. The molecule has 1 atom stereocenters. The lowest BCUT2D eigenvalue weighted by atomic mass is 9.92. The van der Waals surface area contributed by atoms with Crippen LogP contribution in [0.15, 0.2) is 12.2 Å². The van der Waals surface area contributed by atoms with Crippen molar-refractivity contribution in [2.24, 2.45) is 0 Å². The van der Waals surface area contributed by atoms with E-state index >= 15 is 0 Å². The van der Waals surface area contributed by atoms with Crippen molar-refractivity contribution in [2.75, 3.05) is 6.61 Å². The van der Waals surface area contributed by atoms with E-state index in [0.717, 1.165) is 19.4 Å². The Kier molecular flexibility index (Phi) is 3.67. The van der Waals surface area contributed by atoms with Crippen LogP contribution in [0.1, 0.15) is 39.5 Å². The zero-order valence-corrected chi connectivity index (χ0v) is 8.51. The molecule has 0 bridgehead atoms. The van der Waals surface area contributed by atoms with Gasteiger partial charge in [0.05, 0.1) is 5.60 Å². The van der Waals surface area contributed by atoms with E-state index in [0.29, 0.717) is 0 Å². The van der Waals surface area contributed by atoms with Crippen molar-refractivity contribution in [3.8, 4) is 0 Å². The fourth-order valence-electron chi connectivity index (χ4n) is 1.63. The number of hydrogen-bond donors (Lipinski definition) is 0. The van der Waals surface area contributed by atoms with Gasteiger partial charge in [0.2, 0.25) is 0 Å². The van der Waals surface area contributed by atoms with E-state index in [2.05, 4.69) is 6.92 Å². The number of carbonyl (C=O) groups excluding carboxylic acids is 1. The molecule has 1 aliphatic heterocycles. The average Bonchev–Trinajstić information content (AvgIpc) is 2.04. The van der Waals surface area contributed by atoms with Crippen LogP contribution in [0, 0.1) is 0 Å². The molecule has 2 nitrogen and oxygen atoms in total. The molecule has 1 saturated heterocycles. The first-order chi connectivity index (χ1) is 6.12. The molecule has 1 aliphatic rings. The molecule has 0 aliphatic carbocycles. The Morgan fingerprint density at radius 3 is 2.85 bits per heavy atom. The topological polar surface area (TPSA) is 26.3 Å². The molecule has 0 spiro atoms. The van der Waals surface area contributed by atoms with Gasteiger partial charge in [-0.1, -0.05) is 6.08 Å². The highest BCUT2D eigenvalue weighted by molar-refractivity contribution is 5.87. The molecule has 1 fully saturated rings. The van der Waals surface area contributed by atoms with E-state index in [-0.39, 0.29) is 11.4 Å². The third kappa shape index (κ3) is 3.73. The smallest absolute Gasteiger partial charge is 0.152 e.